The Morgan fingerprint density at radius 1 is 1.62 bits per heavy atom. The molecular formula is C9H14N4O3. The van der Waals surface area contributed by atoms with Crippen molar-refractivity contribution in [3.63, 3.8) is 0 Å². The van der Waals surface area contributed by atoms with Crippen LogP contribution in [0.3, 0.4) is 0 Å². The van der Waals surface area contributed by atoms with Crippen molar-refractivity contribution in [2.24, 2.45) is 0 Å². The van der Waals surface area contributed by atoms with Gasteiger partial charge < -0.3 is 15.4 Å². The van der Waals surface area contributed by atoms with Crippen molar-refractivity contribution in [2.45, 2.75) is 20.0 Å². The van der Waals surface area contributed by atoms with Crippen molar-refractivity contribution in [3.05, 3.63) is 12.3 Å². The van der Waals surface area contributed by atoms with E-state index in [0.717, 1.165) is 0 Å². The lowest BCUT2D eigenvalue weighted by atomic mass is 10.4. The second-order valence-corrected chi connectivity index (χ2v) is 2.99. The molecule has 16 heavy (non-hydrogen) atoms. The van der Waals surface area contributed by atoms with Gasteiger partial charge in [0, 0.05) is 13.1 Å². The summed E-state index contributed by atoms with van der Waals surface area (Å²) < 4.78 is 4.80. The molecule has 0 aliphatic rings. The third-order valence-corrected chi connectivity index (χ3v) is 1.66. The van der Waals surface area contributed by atoms with Crippen LogP contribution in [0.1, 0.15) is 13.8 Å². The number of aromatic nitrogens is 2. The molecule has 3 N–H and O–H groups in total. The number of hydrogen-bond acceptors (Lipinski definition) is 5. The summed E-state index contributed by atoms with van der Waals surface area (Å²) in [5.74, 6) is -0.436. The molecule has 0 aliphatic carbocycles. The second-order valence-electron chi connectivity index (χ2n) is 2.99. The Morgan fingerprint density at radius 3 is 2.88 bits per heavy atom. The van der Waals surface area contributed by atoms with Crippen LogP contribution in [0.15, 0.2) is 12.3 Å². The van der Waals surface area contributed by atoms with Crippen molar-refractivity contribution in [1.29, 1.82) is 0 Å². The highest BCUT2D eigenvalue weighted by atomic mass is 16.5. The lowest BCUT2D eigenvalue weighted by Gasteiger charge is -2.16. The lowest BCUT2D eigenvalue weighted by molar-refractivity contribution is -0.146. The van der Waals surface area contributed by atoms with Crippen LogP contribution in [-0.4, -0.2) is 34.8 Å². The molecule has 1 amide bonds. The molecular weight excluding hydrogens is 212 g/mol. The summed E-state index contributed by atoms with van der Waals surface area (Å²) in [5.41, 5.74) is 0. The summed E-state index contributed by atoms with van der Waals surface area (Å²) in [6.07, 6.45) is 0.666. The molecule has 1 atom stereocenters. The van der Waals surface area contributed by atoms with E-state index in [1.807, 2.05) is 0 Å². The van der Waals surface area contributed by atoms with Gasteiger partial charge in [-0.15, -0.1) is 0 Å². The van der Waals surface area contributed by atoms with Crippen LogP contribution >= 0.6 is 0 Å². The molecule has 1 heterocycles. The van der Waals surface area contributed by atoms with Gasteiger partial charge in [-0.05, 0) is 13.0 Å². The van der Waals surface area contributed by atoms with Crippen LogP contribution in [0, 0.1) is 0 Å². The van der Waals surface area contributed by atoms with E-state index in [1.165, 1.54) is 6.92 Å². The quantitative estimate of drug-likeness (QED) is 0.479. The fourth-order valence-electron chi connectivity index (χ4n) is 1.07. The molecule has 1 rings (SSSR count). The molecule has 0 fully saturated rings. The predicted molar refractivity (Wildman–Crippen MR) is 56.4 cm³/mol. The number of rotatable bonds is 5. The van der Waals surface area contributed by atoms with Gasteiger partial charge in [0.25, 0.3) is 0 Å². The minimum Gasteiger partial charge on any atom is -0.463 e. The minimum absolute atomic E-state index is 0.247. The Kier molecular flexibility index (Phi) is 4.31. The van der Waals surface area contributed by atoms with Crippen LogP contribution in [0.4, 0.5) is 5.82 Å². The first-order valence-corrected chi connectivity index (χ1v) is 4.83. The van der Waals surface area contributed by atoms with Crippen LogP contribution < -0.4 is 10.6 Å². The number of carbonyl (C=O) groups is 2. The molecule has 7 nitrogen and oxygen atoms in total. The zero-order valence-electron chi connectivity index (χ0n) is 9.11. The Bertz CT molecular complexity index is 350. The van der Waals surface area contributed by atoms with E-state index in [9.17, 15) is 9.59 Å². The van der Waals surface area contributed by atoms with Crippen LogP contribution in [-0.2, 0) is 14.3 Å². The van der Waals surface area contributed by atoms with E-state index in [-0.39, 0.29) is 12.5 Å². The molecule has 1 aromatic rings. The van der Waals surface area contributed by atoms with Crippen LogP contribution in [0.5, 0.6) is 0 Å². The maximum Gasteiger partial charge on any atom is 0.349 e. The summed E-state index contributed by atoms with van der Waals surface area (Å²) in [5, 5.41) is 11.5. The van der Waals surface area contributed by atoms with Gasteiger partial charge in [-0.25, -0.2) is 4.79 Å². The topological polar surface area (TPSA) is 96.1 Å². The first-order chi connectivity index (χ1) is 7.63. The average Bonchev–Trinajstić information content (AvgIpc) is 2.69. The van der Waals surface area contributed by atoms with Crippen molar-refractivity contribution in [3.8, 4) is 0 Å². The normalized spacial score (nSPS) is 11.6. The molecule has 0 spiro atoms. The van der Waals surface area contributed by atoms with Gasteiger partial charge in [-0.2, -0.15) is 5.10 Å². The standard InChI is InChI=1S/C9H14N4O3/c1-3-16-9(15)8(11-6(2)14)12-7-4-5-10-13-7/h4-5,8H,3H2,1-2H3,(H,11,14)(H2,10,12,13). The number of nitrogens with zero attached hydrogens (tertiary/aromatic N) is 1. The molecule has 0 radical (unpaired) electrons. The fraction of sp³-hybridized carbons (Fsp3) is 0.444. The molecule has 1 aromatic heterocycles. The zero-order chi connectivity index (χ0) is 12.0. The number of anilines is 1. The van der Waals surface area contributed by atoms with Crippen molar-refractivity contribution in [1.82, 2.24) is 15.5 Å². The Balaban J connectivity index is 2.63. The van der Waals surface area contributed by atoms with E-state index >= 15 is 0 Å². The highest BCUT2D eigenvalue weighted by molar-refractivity contribution is 5.84. The SMILES string of the molecule is CCOC(=O)C(NC(C)=O)Nc1cc[nH]n1. The molecule has 88 valence electrons. The van der Waals surface area contributed by atoms with E-state index in [4.69, 9.17) is 4.74 Å². The molecule has 0 saturated heterocycles. The summed E-state index contributed by atoms with van der Waals surface area (Å²) in [6, 6.07) is 1.63. The first kappa shape index (κ1) is 12.0. The summed E-state index contributed by atoms with van der Waals surface area (Å²) in [6.45, 7) is 3.26. The largest absolute Gasteiger partial charge is 0.463 e. The second kappa shape index (κ2) is 5.74. The Morgan fingerprint density at radius 2 is 2.38 bits per heavy atom. The van der Waals surface area contributed by atoms with Crippen molar-refractivity contribution in [2.75, 3.05) is 11.9 Å². The van der Waals surface area contributed by atoms with Gasteiger partial charge in [0.15, 0.2) is 0 Å². The zero-order valence-corrected chi connectivity index (χ0v) is 9.11. The molecule has 1 unspecified atom stereocenters. The van der Waals surface area contributed by atoms with Gasteiger partial charge in [-0.1, -0.05) is 0 Å². The number of aromatic amines is 1. The number of nitrogens with one attached hydrogen (secondary N) is 3. The van der Waals surface area contributed by atoms with Crippen molar-refractivity contribution < 1.29 is 14.3 Å². The van der Waals surface area contributed by atoms with Gasteiger partial charge in [0.1, 0.15) is 5.82 Å². The molecule has 0 aromatic carbocycles. The number of H-pyrrole nitrogens is 1. The number of hydrogen-bond donors (Lipinski definition) is 3. The smallest absolute Gasteiger partial charge is 0.349 e. The van der Waals surface area contributed by atoms with Gasteiger partial charge >= 0.3 is 5.97 Å². The average molecular weight is 226 g/mol. The van der Waals surface area contributed by atoms with Crippen molar-refractivity contribution >= 4 is 17.7 Å². The number of carbonyl (C=O) groups excluding carboxylic acids is 2. The van der Waals surface area contributed by atoms with Crippen LogP contribution in [0.25, 0.3) is 0 Å². The highest BCUT2D eigenvalue weighted by Crippen LogP contribution is 2.01. The highest BCUT2D eigenvalue weighted by Gasteiger charge is 2.20. The lowest BCUT2D eigenvalue weighted by Crippen LogP contribution is -2.46. The number of amides is 1. The van der Waals surface area contributed by atoms with Gasteiger partial charge in [0.05, 0.1) is 6.61 Å². The van der Waals surface area contributed by atoms with E-state index in [1.54, 1.807) is 19.2 Å². The molecule has 0 saturated carbocycles. The maximum atomic E-state index is 11.5. The van der Waals surface area contributed by atoms with Gasteiger partial charge in [-0.3, -0.25) is 9.89 Å². The maximum absolute atomic E-state index is 11.5. The third-order valence-electron chi connectivity index (χ3n) is 1.66. The summed E-state index contributed by atoms with van der Waals surface area (Å²) in [4.78, 5) is 22.4. The van der Waals surface area contributed by atoms with E-state index in [2.05, 4.69) is 20.8 Å². The Hall–Kier alpha value is -2.05. The number of esters is 1. The van der Waals surface area contributed by atoms with Crippen LogP contribution in [0.2, 0.25) is 0 Å². The summed E-state index contributed by atoms with van der Waals surface area (Å²) in [7, 11) is 0. The van der Waals surface area contributed by atoms with E-state index in [0.29, 0.717) is 5.82 Å². The Labute approximate surface area is 92.6 Å². The summed E-state index contributed by atoms with van der Waals surface area (Å²) >= 11 is 0. The third kappa shape index (κ3) is 3.60. The van der Waals surface area contributed by atoms with Gasteiger partial charge in [0.2, 0.25) is 12.1 Å². The first-order valence-electron chi connectivity index (χ1n) is 4.83. The molecule has 0 aliphatic heterocycles. The molecule has 7 heteroatoms. The monoisotopic (exact) mass is 226 g/mol. The van der Waals surface area contributed by atoms with E-state index < -0.39 is 12.1 Å². The molecule has 0 bridgehead atoms. The minimum atomic E-state index is -0.930. The number of ether oxygens (including phenoxy) is 1. The fourth-order valence-corrected chi connectivity index (χ4v) is 1.07. The predicted octanol–water partition coefficient (Wildman–Crippen LogP) is -0.153.